The first kappa shape index (κ1) is 16.7. The third-order valence-electron chi connectivity index (χ3n) is 5.60. The third-order valence-corrected chi connectivity index (χ3v) is 7.50. The number of piperidine rings is 1. The van der Waals surface area contributed by atoms with E-state index in [0.29, 0.717) is 42.5 Å². The molecule has 7 heteroatoms. The Morgan fingerprint density at radius 2 is 1.88 bits per heavy atom. The maximum atomic E-state index is 13.0. The average molecular weight is 361 g/mol. The minimum Gasteiger partial charge on any atom is -0.340 e. The first-order valence-electron chi connectivity index (χ1n) is 8.81. The molecule has 0 bridgehead atoms. The lowest BCUT2D eigenvalue weighted by molar-refractivity contribution is 0.233. The van der Waals surface area contributed by atoms with Crippen LogP contribution in [-0.4, -0.2) is 36.0 Å². The van der Waals surface area contributed by atoms with Gasteiger partial charge in [-0.05, 0) is 55.4 Å². The van der Waals surface area contributed by atoms with Crippen LogP contribution in [0.25, 0.3) is 0 Å². The summed E-state index contributed by atoms with van der Waals surface area (Å²) in [5, 5.41) is 4.04. The molecule has 1 aliphatic carbocycles. The summed E-state index contributed by atoms with van der Waals surface area (Å²) in [6.45, 7) is 4.80. The number of nitrogens with zero attached hydrogens (tertiary/aromatic N) is 3. The highest BCUT2D eigenvalue weighted by Crippen LogP contribution is 2.35. The number of fused-ring (bicyclic) bond motifs is 1. The molecule has 25 heavy (non-hydrogen) atoms. The topological polar surface area (TPSA) is 76.3 Å². The molecular formula is C18H23N3O3S. The Morgan fingerprint density at radius 1 is 1.16 bits per heavy atom. The molecule has 0 N–H and O–H groups in total. The van der Waals surface area contributed by atoms with E-state index in [0.717, 1.165) is 19.3 Å². The van der Waals surface area contributed by atoms with E-state index in [-0.39, 0.29) is 5.41 Å². The highest BCUT2D eigenvalue weighted by atomic mass is 32.2. The summed E-state index contributed by atoms with van der Waals surface area (Å²) in [5.74, 6) is 1.23. The number of aromatic nitrogens is 2. The maximum absolute atomic E-state index is 13.0. The number of rotatable bonds is 3. The van der Waals surface area contributed by atoms with Gasteiger partial charge in [0.15, 0.2) is 5.82 Å². The van der Waals surface area contributed by atoms with Crippen molar-refractivity contribution in [1.29, 1.82) is 0 Å². The van der Waals surface area contributed by atoms with Gasteiger partial charge in [-0.1, -0.05) is 18.1 Å². The standard InChI is InChI=1S/C18H23N3O3S/c1-13-19-17(20-24-13)18(2)8-10-21(11-9-18)25(22,23)16-7-6-14-4-3-5-15(14)12-16/h6-7,12H,3-5,8-11H2,1-2H3. The quantitative estimate of drug-likeness (QED) is 0.840. The van der Waals surface area contributed by atoms with E-state index in [4.69, 9.17) is 4.52 Å². The van der Waals surface area contributed by atoms with Crippen LogP contribution in [0.2, 0.25) is 0 Å². The number of aryl methyl sites for hydroxylation is 3. The lowest BCUT2D eigenvalue weighted by atomic mass is 9.80. The van der Waals surface area contributed by atoms with Crippen LogP contribution in [0.3, 0.4) is 0 Å². The van der Waals surface area contributed by atoms with E-state index < -0.39 is 10.0 Å². The molecule has 2 aliphatic rings. The van der Waals surface area contributed by atoms with Crippen molar-refractivity contribution in [3.8, 4) is 0 Å². The fraction of sp³-hybridized carbons (Fsp3) is 0.556. The van der Waals surface area contributed by atoms with Crippen LogP contribution in [-0.2, 0) is 28.3 Å². The van der Waals surface area contributed by atoms with Crippen LogP contribution in [0.4, 0.5) is 0 Å². The first-order valence-corrected chi connectivity index (χ1v) is 10.3. The lowest BCUT2D eigenvalue weighted by Crippen LogP contribution is -2.44. The molecule has 4 rings (SSSR count). The number of benzene rings is 1. The summed E-state index contributed by atoms with van der Waals surface area (Å²) in [6, 6.07) is 5.61. The summed E-state index contributed by atoms with van der Waals surface area (Å²) < 4.78 is 32.7. The Morgan fingerprint density at radius 3 is 2.56 bits per heavy atom. The molecule has 6 nitrogen and oxygen atoms in total. The summed E-state index contributed by atoms with van der Waals surface area (Å²) in [7, 11) is -3.44. The van der Waals surface area contributed by atoms with Crippen LogP contribution in [0, 0.1) is 6.92 Å². The molecule has 1 aromatic heterocycles. The Balaban J connectivity index is 1.53. The molecule has 1 aromatic carbocycles. The molecule has 1 fully saturated rings. The second-order valence-corrected chi connectivity index (χ2v) is 9.32. The van der Waals surface area contributed by atoms with Gasteiger partial charge in [0.1, 0.15) is 0 Å². The molecule has 0 radical (unpaired) electrons. The van der Waals surface area contributed by atoms with Crippen LogP contribution < -0.4 is 0 Å². The predicted octanol–water partition coefficient (Wildman–Crippen LogP) is 2.61. The molecule has 1 saturated heterocycles. The minimum atomic E-state index is -3.44. The van der Waals surface area contributed by atoms with Crippen molar-refractivity contribution in [3.05, 3.63) is 41.0 Å². The van der Waals surface area contributed by atoms with Gasteiger partial charge in [0.25, 0.3) is 0 Å². The van der Waals surface area contributed by atoms with Gasteiger partial charge in [-0.2, -0.15) is 9.29 Å². The van der Waals surface area contributed by atoms with Gasteiger partial charge < -0.3 is 4.52 Å². The van der Waals surface area contributed by atoms with Gasteiger partial charge >= 0.3 is 0 Å². The molecule has 2 heterocycles. The van der Waals surface area contributed by atoms with Crippen molar-refractivity contribution in [2.45, 2.75) is 56.3 Å². The Bertz CT molecular complexity index is 896. The molecule has 0 spiro atoms. The molecule has 134 valence electrons. The molecule has 0 saturated carbocycles. The molecular weight excluding hydrogens is 338 g/mol. The van der Waals surface area contributed by atoms with E-state index in [1.165, 1.54) is 11.1 Å². The van der Waals surface area contributed by atoms with Gasteiger partial charge in [0.2, 0.25) is 15.9 Å². The maximum Gasteiger partial charge on any atom is 0.243 e. The van der Waals surface area contributed by atoms with Crippen LogP contribution in [0.5, 0.6) is 0 Å². The Kier molecular flexibility index (Phi) is 3.96. The fourth-order valence-corrected chi connectivity index (χ4v) is 5.34. The highest BCUT2D eigenvalue weighted by molar-refractivity contribution is 7.89. The highest BCUT2D eigenvalue weighted by Gasteiger charge is 2.39. The van der Waals surface area contributed by atoms with E-state index in [1.807, 2.05) is 12.1 Å². The van der Waals surface area contributed by atoms with Crippen LogP contribution in [0.15, 0.2) is 27.6 Å². The molecule has 0 atom stereocenters. The molecule has 2 aromatic rings. The summed E-state index contributed by atoms with van der Waals surface area (Å²) >= 11 is 0. The normalized spacial score (nSPS) is 20.6. The van der Waals surface area contributed by atoms with E-state index in [1.54, 1.807) is 17.3 Å². The largest absolute Gasteiger partial charge is 0.340 e. The fourth-order valence-electron chi connectivity index (χ4n) is 3.85. The Labute approximate surface area is 148 Å². The van der Waals surface area contributed by atoms with E-state index >= 15 is 0 Å². The zero-order valence-corrected chi connectivity index (χ0v) is 15.5. The van der Waals surface area contributed by atoms with Crippen molar-refractivity contribution in [2.75, 3.05) is 13.1 Å². The van der Waals surface area contributed by atoms with Gasteiger partial charge in [-0.3, -0.25) is 0 Å². The SMILES string of the molecule is Cc1nc(C2(C)CCN(S(=O)(=O)c3ccc4c(c3)CCC4)CC2)no1. The summed E-state index contributed by atoms with van der Waals surface area (Å²) in [4.78, 5) is 4.77. The zero-order valence-electron chi connectivity index (χ0n) is 14.7. The number of sulfonamides is 1. The average Bonchev–Trinajstić information content (AvgIpc) is 3.23. The number of hydrogen-bond donors (Lipinski definition) is 0. The number of hydrogen-bond acceptors (Lipinski definition) is 5. The van der Waals surface area contributed by atoms with Crippen LogP contribution in [0.1, 0.15) is 49.0 Å². The Hall–Kier alpha value is -1.73. The van der Waals surface area contributed by atoms with Crippen molar-refractivity contribution < 1.29 is 12.9 Å². The van der Waals surface area contributed by atoms with Gasteiger partial charge in [0.05, 0.1) is 4.90 Å². The van der Waals surface area contributed by atoms with Gasteiger partial charge in [-0.15, -0.1) is 0 Å². The third kappa shape index (κ3) is 2.89. The smallest absolute Gasteiger partial charge is 0.243 e. The van der Waals surface area contributed by atoms with Crippen LogP contribution >= 0.6 is 0 Å². The van der Waals surface area contributed by atoms with Gasteiger partial charge in [0, 0.05) is 25.4 Å². The van der Waals surface area contributed by atoms with E-state index in [9.17, 15) is 8.42 Å². The summed E-state index contributed by atoms with van der Waals surface area (Å²) in [6.07, 6.45) is 4.53. The van der Waals surface area contributed by atoms with Crippen molar-refractivity contribution in [3.63, 3.8) is 0 Å². The zero-order chi connectivity index (χ0) is 17.7. The molecule has 1 aliphatic heterocycles. The molecule has 0 amide bonds. The minimum absolute atomic E-state index is 0.234. The van der Waals surface area contributed by atoms with E-state index in [2.05, 4.69) is 17.1 Å². The monoisotopic (exact) mass is 361 g/mol. The first-order chi connectivity index (χ1) is 11.9. The second kappa shape index (κ2) is 5.92. The van der Waals surface area contributed by atoms with Crippen molar-refractivity contribution >= 4 is 10.0 Å². The molecule has 0 unspecified atom stereocenters. The van der Waals surface area contributed by atoms with Crippen molar-refractivity contribution in [2.24, 2.45) is 0 Å². The van der Waals surface area contributed by atoms with Crippen molar-refractivity contribution in [1.82, 2.24) is 14.4 Å². The predicted molar refractivity (Wildman–Crippen MR) is 92.8 cm³/mol. The van der Waals surface area contributed by atoms with Gasteiger partial charge in [-0.25, -0.2) is 8.42 Å². The lowest BCUT2D eigenvalue weighted by Gasteiger charge is -2.36. The second-order valence-electron chi connectivity index (χ2n) is 7.39. The summed E-state index contributed by atoms with van der Waals surface area (Å²) in [5.41, 5.74) is 2.24.